The van der Waals surface area contributed by atoms with Crippen LogP contribution in [0.15, 0.2) is 6.20 Å². The van der Waals surface area contributed by atoms with Crippen molar-refractivity contribution in [2.24, 2.45) is 5.92 Å². The predicted octanol–water partition coefficient (Wildman–Crippen LogP) is 4.31. The number of carbonyl (C=O) groups excluding carboxylic acids is 3. The van der Waals surface area contributed by atoms with Crippen molar-refractivity contribution in [1.82, 2.24) is 30.1 Å². The Bertz CT molecular complexity index is 909. The second-order valence-electron chi connectivity index (χ2n) is 12.0. The molecule has 1 aliphatic heterocycles. The van der Waals surface area contributed by atoms with E-state index in [0.29, 0.717) is 50.6 Å². The summed E-state index contributed by atoms with van der Waals surface area (Å²) >= 11 is 0. The molecule has 37 heavy (non-hydrogen) atoms. The van der Waals surface area contributed by atoms with Crippen molar-refractivity contribution in [3.05, 3.63) is 11.9 Å². The van der Waals surface area contributed by atoms with Gasteiger partial charge in [-0.1, -0.05) is 32.4 Å². The molecule has 1 fully saturated rings. The molecule has 0 spiro atoms. The van der Waals surface area contributed by atoms with Gasteiger partial charge in [-0.15, -0.1) is 5.10 Å². The minimum atomic E-state index is -0.615. The summed E-state index contributed by atoms with van der Waals surface area (Å²) in [6.07, 6.45) is 2.91. The summed E-state index contributed by atoms with van der Waals surface area (Å²) in [5, 5.41) is 11.5. The number of piperazine rings is 1. The molecule has 0 bridgehead atoms. The van der Waals surface area contributed by atoms with Crippen LogP contribution in [0.25, 0.3) is 0 Å². The number of carbonyl (C=O) groups is 3. The molecule has 1 aromatic heterocycles. The van der Waals surface area contributed by atoms with Crippen molar-refractivity contribution in [1.29, 1.82) is 0 Å². The van der Waals surface area contributed by atoms with Crippen LogP contribution < -0.4 is 5.32 Å². The van der Waals surface area contributed by atoms with Crippen molar-refractivity contribution >= 4 is 18.1 Å². The second-order valence-corrected chi connectivity index (χ2v) is 12.0. The topological polar surface area (TPSA) is 119 Å². The van der Waals surface area contributed by atoms with Gasteiger partial charge in [-0.05, 0) is 60.3 Å². The van der Waals surface area contributed by atoms with Crippen molar-refractivity contribution < 1.29 is 23.9 Å². The van der Waals surface area contributed by atoms with E-state index in [-0.39, 0.29) is 12.0 Å². The van der Waals surface area contributed by atoms with E-state index in [4.69, 9.17) is 9.47 Å². The van der Waals surface area contributed by atoms with Crippen LogP contribution in [0.3, 0.4) is 0 Å². The van der Waals surface area contributed by atoms with Gasteiger partial charge in [0.15, 0.2) is 0 Å². The fourth-order valence-corrected chi connectivity index (χ4v) is 4.07. The lowest BCUT2D eigenvalue weighted by molar-refractivity contribution is -0.137. The first-order valence-electron chi connectivity index (χ1n) is 13.3. The monoisotopic (exact) mass is 522 g/mol. The molecule has 1 aliphatic rings. The van der Waals surface area contributed by atoms with Crippen LogP contribution in [0, 0.1) is 5.92 Å². The number of nitrogens with zero attached hydrogens (tertiary/aromatic N) is 5. The number of alkyl carbamates (subject to hydrolysis) is 1. The van der Waals surface area contributed by atoms with Gasteiger partial charge in [0.05, 0.1) is 12.2 Å². The minimum Gasteiger partial charge on any atom is -0.444 e. The summed E-state index contributed by atoms with van der Waals surface area (Å²) in [4.78, 5) is 41.7. The highest BCUT2D eigenvalue weighted by Gasteiger charge is 2.32. The normalized spacial score (nSPS) is 16.4. The molecular formula is C26H46N6O5. The Kier molecular flexibility index (Phi) is 10.3. The maximum atomic E-state index is 13.5. The molecule has 3 amide bonds. The third kappa shape index (κ3) is 9.85. The first-order valence-corrected chi connectivity index (χ1v) is 13.3. The van der Waals surface area contributed by atoms with E-state index in [0.717, 1.165) is 6.42 Å². The van der Waals surface area contributed by atoms with E-state index in [2.05, 4.69) is 29.5 Å². The van der Waals surface area contributed by atoms with Gasteiger partial charge in [0, 0.05) is 26.2 Å². The quantitative estimate of drug-likeness (QED) is 0.540. The molecule has 0 unspecified atom stereocenters. The number of ether oxygens (including phenoxy) is 2. The summed E-state index contributed by atoms with van der Waals surface area (Å²) in [5.41, 5.74) is -0.591. The zero-order chi connectivity index (χ0) is 28.0. The van der Waals surface area contributed by atoms with Gasteiger partial charge in [0.2, 0.25) is 5.91 Å². The Hall–Kier alpha value is -2.85. The molecule has 1 aromatic rings. The number of nitrogens with one attached hydrogen (secondary N) is 1. The average Bonchev–Trinajstić information content (AvgIpc) is 3.24. The standard InChI is InChI=1S/C26H46N6O5/c1-10-11-21(22(33)30-12-14-31(15-13-30)24(35)37-26(7,8)9)32-17-20(28-29-32)19(16-18(2)3)27-23(34)36-25(4,5)6/h17-19,21H,10-16H2,1-9H3,(H,27,34)/t19-,21-/m0/s1. The predicted molar refractivity (Wildman–Crippen MR) is 140 cm³/mol. The molecule has 210 valence electrons. The van der Waals surface area contributed by atoms with E-state index in [1.54, 1.807) is 20.7 Å². The first kappa shape index (κ1) is 30.4. The van der Waals surface area contributed by atoms with E-state index >= 15 is 0 Å². The SMILES string of the molecule is CCC[C@@H](C(=O)N1CCN(C(=O)OC(C)(C)C)CC1)n1cc([C@H](CC(C)C)NC(=O)OC(C)(C)C)nn1. The molecular weight excluding hydrogens is 476 g/mol. The highest BCUT2D eigenvalue weighted by Crippen LogP contribution is 2.24. The molecule has 2 rings (SSSR count). The fourth-order valence-electron chi connectivity index (χ4n) is 4.07. The Labute approximate surface area is 221 Å². The van der Waals surface area contributed by atoms with Crippen molar-refractivity contribution in [2.75, 3.05) is 26.2 Å². The molecule has 0 aliphatic carbocycles. The Morgan fingerprint density at radius 2 is 1.54 bits per heavy atom. The van der Waals surface area contributed by atoms with Gasteiger partial charge in [0.25, 0.3) is 0 Å². The summed E-state index contributed by atoms with van der Waals surface area (Å²) in [5.74, 6) is 0.238. The third-order valence-electron chi connectivity index (χ3n) is 5.69. The highest BCUT2D eigenvalue weighted by atomic mass is 16.6. The lowest BCUT2D eigenvalue weighted by atomic mass is 10.0. The molecule has 1 saturated heterocycles. The van der Waals surface area contributed by atoms with Crippen LogP contribution in [0.4, 0.5) is 9.59 Å². The summed E-state index contributed by atoms with van der Waals surface area (Å²) < 4.78 is 12.5. The molecule has 11 nitrogen and oxygen atoms in total. The Morgan fingerprint density at radius 3 is 2.05 bits per heavy atom. The van der Waals surface area contributed by atoms with Crippen LogP contribution >= 0.6 is 0 Å². The minimum absolute atomic E-state index is 0.0531. The summed E-state index contributed by atoms with van der Waals surface area (Å²) in [6, 6.07) is -0.904. The highest BCUT2D eigenvalue weighted by molar-refractivity contribution is 5.80. The van der Waals surface area contributed by atoms with E-state index < -0.39 is 29.4 Å². The lowest BCUT2D eigenvalue weighted by Crippen LogP contribution is -2.53. The summed E-state index contributed by atoms with van der Waals surface area (Å²) in [6.45, 7) is 18.8. The van der Waals surface area contributed by atoms with Crippen LogP contribution in [0.5, 0.6) is 0 Å². The Morgan fingerprint density at radius 1 is 0.973 bits per heavy atom. The van der Waals surface area contributed by atoms with Crippen LogP contribution in [-0.4, -0.2) is 80.3 Å². The van der Waals surface area contributed by atoms with Gasteiger partial charge < -0.3 is 24.6 Å². The summed E-state index contributed by atoms with van der Waals surface area (Å²) in [7, 11) is 0. The van der Waals surface area contributed by atoms with Gasteiger partial charge >= 0.3 is 12.2 Å². The van der Waals surface area contributed by atoms with Gasteiger partial charge in [-0.3, -0.25) is 4.79 Å². The number of rotatable bonds is 8. The number of aromatic nitrogens is 3. The molecule has 11 heteroatoms. The molecule has 0 aromatic carbocycles. The van der Waals surface area contributed by atoms with E-state index in [9.17, 15) is 14.4 Å². The van der Waals surface area contributed by atoms with Crippen LogP contribution in [0.2, 0.25) is 0 Å². The molecule has 2 atom stereocenters. The van der Waals surface area contributed by atoms with Crippen LogP contribution in [0.1, 0.15) is 99.4 Å². The van der Waals surface area contributed by atoms with Gasteiger partial charge in [-0.2, -0.15) is 0 Å². The van der Waals surface area contributed by atoms with Crippen LogP contribution in [-0.2, 0) is 14.3 Å². The lowest BCUT2D eigenvalue weighted by Gasteiger charge is -2.37. The smallest absolute Gasteiger partial charge is 0.410 e. The third-order valence-corrected chi connectivity index (χ3v) is 5.69. The van der Waals surface area contributed by atoms with Gasteiger partial charge in [0.1, 0.15) is 22.9 Å². The van der Waals surface area contributed by atoms with Crippen molar-refractivity contribution in [3.63, 3.8) is 0 Å². The first-order chi connectivity index (χ1) is 17.1. The average molecular weight is 523 g/mol. The largest absolute Gasteiger partial charge is 0.444 e. The maximum absolute atomic E-state index is 13.5. The van der Waals surface area contributed by atoms with Crippen molar-refractivity contribution in [2.45, 2.75) is 105 Å². The molecule has 0 saturated carbocycles. The zero-order valence-corrected chi connectivity index (χ0v) is 24.0. The number of amides is 3. The maximum Gasteiger partial charge on any atom is 0.410 e. The fraction of sp³-hybridized carbons (Fsp3) is 0.808. The Balaban J connectivity index is 2.12. The molecule has 2 heterocycles. The van der Waals surface area contributed by atoms with Gasteiger partial charge in [-0.25, -0.2) is 14.3 Å². The number of hydrogen-bond donors (Lipinski definition) is 1. The number of hydrogen-bond acceptors (Lipinski definition) is 7. The van der Waals surface area contributed by atoms with Crippen molar-refractivity contribution in [3.8, 4) is 0 Å². The second kappa shape index (κ2) is 12.6. The molecule has 0 radical (unpaired) electrons. The van der Waals surface area contributed by atoms with E-state index in [1.807, 2.05) is 48.5 Å². The molecule has 1 N–H and O–H groups in total. The van der Waals surface area contributed by atoms with E-state index in [1.165, 1.54) is 0 Å². The zero-order valence-electron chi connectivity index (χ0n) is 24.0.